The predicted octanol–water partition coefficient (Wildman–Crippen LogP) is 4.35. The lowest BCUT2D eigenvalue weighted by molar-refractivity contribution is 0.0217. The van der Waals surface area contributed by atoms with Crippen molar-refractivity contribution < 1.29 is 9.15 Å². The summed E-state index contributed by atoms with van der Waals surface area (Å²) < 4.78 is 11.6. The zero-order chi connectivity index (χ0) is 17.4. The summed E-state index contributed by atoms with van der Waals surface area (Å²) in [6.07, 6.45) is 0. The lowest BCUT2D eigenvalue weighted by atomic mass is 9.89. The van der Waals surface area contributed by atoms with Crippen molar-refractivity contribution in [3.8, 4) is 11.5 Å². The van der Waals surface area contributed by atoms with Crippen molar-refractivity contribution in [2.75, 3.05) is 13.2 Å². The van der Waals surface area contributed by atoms with E-state index in [2.05, 4.69) is 29.4 Å². The Labute approximate surface area is 156 Å². The fourth-order valence-corrected chi connectivity index (χ4v) is 3.45. The minimum atomic E-state index is -0.316. The molecule has 2 atom stereocenters. The average Bonchev–Trinajstić information content (AvgIpc) is 3.05. The molecule has 0 aliphatic carbocycles. The first kappa shape index (κ1) is 16.7. The minimum Gasteiger partial charge on any atom is -0.436 e. The molecule has 4 nitrogen and oxygen atoms in total. The number of hydrogen-bond acceptors (Lipinski definition) is 5. The van der Waals surface area contributed by atoms with Crippen LogP contribution in [0.1, 0.15) is 12.5 Å². The van der Waals surface area contributed by atoms with Gasteiger partial charge in [-0.25, -0.2) is 4.98 Å². The molecule has 3 aromatic rings. The molecule has 1 aliphatic heterocycles. The van der Waals surface area contributed by atoms with Crippen LogP contribution in [0.5, 0.6) is 0 Å². The largest absolute Gasteiger partial charge is 0.436 e. The third-order valence-corrected chi connectivity index (χ3v) is 5.02. The maximum absolute atomic E-state index is 6.02. The number of benzene rings is 2. The molecule has 4 rings (SSSR count). The molecule has 2 aromatic carbocycles. The first-order valence-electron chi connectivity index (χ1n) is 8.05. The van der Waals surface area contributed by atoms with E-state index in [9.17, 15) is 0 Å². The summed E-state index contributed by atoms with van der Waals surface area (Å²) in [5, 5.41) is 5.90. The molecule has 6 heteroatoms. The molecule has 1 aliphatic rings. The molecule has 0 amide bonds. The van der Waals surface area contributed by atoms with E-state index in [4.69, 9.17) is 33.0 Å². The molecule has 1 aromatic heterocycles. The molecule has 128 valence electrons. The molecule has 0 saturated carbocycles. The van der Waals surface area contributed by atoms with Crippen LogP contribution < -0.4 is 5.32 Å². The zero-order valence-corrected chi connectivity index (χ0v) is 15.2. The number of nitrogens with zero attached hydrogens (tertiary/aromatic N) is 1. The normalized spacial score (nSPS) is 23.7. The first-order valence-corrected chi connectivity index (χ1v) is 8.90. The first-order chi connectivity index (χ1) is 12.1. The third kappa shape index (κ3) is 3.20. The van der Waals surface area contributed by atoms with Crippen molar-refractivity contribution >= 4 is 40.3 Å². The van der Waals surface area contributed by atoms with Gasteiger partial charge in [0.05, 0.1) is 24.8 Å². The van der Waals surface area contributed by atoms with E-state index in [0.29, 0.717) is 29.7 Å². The Hall–Kier alpha value is -1.79. The molecule has 2 unspecified atom stereocenters. The molecular formula is C19H17ClN2O2S. The maximum atomic E-state index is 6.02. The molecule has 0 spiro atoms. The van der Waals surface area contributed by atoms with Gasteiger partial charge in [0, 0.05) is 16.7 Å². The molecule has 0 bridgehead atoms. The average molecular weight is 373 g/mol. The summed E-state index contributed by atoms with van der Waals surface area (Å²) in [5.41, 5.74) is 3.17. The van der Waals surface area contributed by atoms with Gasteiger partial charge in [-0.15, -0.1) is 0 Å². The van der Waals surface area contributed by atoms with Crippen LogP contribution in [0.3, 0.4) is 0 Å². The highest BCUT2D eigenvalue weighted by atomic mass is 35.5. The van der Waals surface area contributed by atoms with E-state index >= 15 is 0 Å². The number of ether oxygens (including phenoxy) is 1. The second kappa shape index (κ2) is 6.50. The lowest BCUT2D eigenvalue weighted by Crippen LogP contribution is -2.55. The Balaban J connectivity index is 1.72. The van der Waals surface area contributed by atoms with E-state index in [-0.39, 0.29) is 11.6 Å². The van der Waals surface area contributed by atoms with Crippen molar-refractivity contribution in [3.63, 3.8) is 0 Å². The fraction of sp³-hybridized carbons (Fsp3) is 0.263. The summed E-state index contributed by atoms with van der Waals surface area (Å²) in [6.45, 7) is 3.30. The topological polar surface area (TPSA) is 47.3 Å². The quantitative estimate of drug-likeness (QED) is 0.692. The van der Waals surface area contributed by atoms with Crippen molar-refractivity contribution in [2.45, 2.75) is 18.5 Å². The van der Waals surface area contributed by atoms with E-state index in [0.717, 1.165) is 16.6 Å². The SMILES string of the molecule is CC1(c2cccc(-c3nc4ccc(Cl)cc4o3)c2)COCC(C=S)N1. The number of nitrogens with one attached hydrogen (secondary N) is 1. The van der Waals surface area contributed by atoms with Gasteiger partial charge in [-0.3, -0.25) is 5.32 Å². The monoisotopic (exact) mass is 372 g/mol. The number of fused-ring (bicyclic) bond motifs is 1. The van der Waals surface area contributed by atoms with Gasteiger partial charge in [0.2, 0.25) is 5.89 Å². The van der Waals surface area contributed by atoms with Gasteiger partial charge in [-0.05, 0) is 42.1 Å². The van der Waals surface area contributed by atoms with Gasteiger partial charge < -0.3 is 9.15 Å². The summed E-state index contributed by atoms with van der Waals surface area (Å²) in [5.74, 6) is 0.575. The van der Waals surface area contributed by atoms with Gasteiger partial charge in [0.25, 0.3) is 0 Å². The minimum absolute atomic E-state index is 0.0591. The fourth-order valence-electron chi connectivity index (χ4n) is 3.14. The summed E-state index contributed by atoms with van der Waals surface area (Å²) in [6, 6.07) is 13.6. The number of rotatable bonds is 3. The second-order valence-corrected chi connectivity index (χ2v) is 7.15. The van der Waals surface area contributed by atoms with Gasteiger partial charge >= 0.3 is 0 Å². The Kier molecular flexibility index (Phi) is 4.33. The van der Waals surface area contributed by atoms with Crippen molar-refractivity contribution in [1.82, 2.24) is 10.3 Å². The van der Waals surface area contributed by atoms with Crippen LogP contribution in [-0.4, -0.2) is 29.6 Å². The van der Waals surface area contributed by atoms with Crippen LogP contribution in [0.2, 0.25) is 5.02 Å². The van der Waals surface area contributed by atoms with Gasteiger partial charge in [0.15, 0.2) is 5.58 Å². The van der Waals surface area contributed by atoms with E-state index < -0.39 is 0 Å². The van der Waals surface area contributed by atoms with Crippen LogP contribution in [0.4, 0.5) is 0 Å². The molecule has 1 saturated heterocycles. The number of aromatic nitrogens is 1. The van der Waals surface area contributed by atoms with Crippen LogP contribution in [0.25, 0.3) is 22.6 Å². The Bertz CT molecular complexity index is 942. The van der Waals surface area contributed by atoms with E-state index in [1.54, 1.807) is 11.4 Å². The van der Waals surface area contributed by atoms with E-state index in [1.807, 2.05) is 24.3 Å². The Morgan fingerprint density at radius 1 is 1.32 bits per heavy atom. The van der Waals surface area contributed by atoms with Gasteiger partial charge in [0.1, 0.15) is 5.52 Å². The van der Waals surface area contributed by atoms with Gasteiger partial charge in [-0.1, -0.05) is 36.0 Å². The number of halogens is 1. The number of morpholine rings is 1. The van der Waals surface area contributed by atoms with Crippen LogP contribution in [0.15, 0.2) is 46.9 Å². The molecule has 1 fully saturated rings. The van der Waals surface area contributed by atoms with Crippen LogP contribution >= 0.6 is 23.8 Å². The predicted molar refractivity (Wildman–Crippen MR) is 103 cm³/mol. The Morgan fingerprint density at radius 2 is 2.20 bits per heavy atom. The molecule has 0 radical (unpaired) electrons. The lowest BCUT2D eigenvalue weighted by Gasteiger charge is -2.39. The standard InChI is InChI=1S/C19H17ClN2O2S/c1-19(11-23-9-15(10-25)22-19)13-4-2-3-12(7-13)18-21-16-6-5-14(20)8-17(16)24-18/h2-8,10,15,22H,9,11H2,1H3. The van der Waals surface area contributed by atoms with Crippen LogP contribution in [0, 0.1) is 0 Å². The highest BCUT2D eigenvalue weighted by Crippen LogP contribution is 2.31. The van der Waals surface area contributed by atoms with E-state index in [1.165, 1.54) is 0 Å². The van der Waals surface area contributed by atoms with Crippen LogP contribution in [-0.2, 0) is 10.3 Å². The van der Waals surface area contributed by atoms with Crippen molar-refractivity contribution in [2.24, 2.45) is 0 Å². The summed E-state index contributed by atoms with van der Waals surface area (Å²) in [7, 11) is 0. The summed E-state index contributed by atoms with van der Waals surface area (Å²) in [4.78, 5) is 4.56. The number of oxazole rings is 1. The maximum Gasteiger partial charge on any atom is 0.227 e. The summed E-state index contributed by atoms with van der Waals surface area (Å²) >= 11 is 11.1. The van der Waals surface area contributed by atoms with Crippen molar-refractivity contribution in [3.05, 3.63) is 53.1 Å². The zero-order valence-electron chi connectivity index (χ0n) is 13.7. The molecule has 25 heavy (non-hydrogen) atoms. The molecule has 1 N–H and O–H groups in total. The van der Waals surface area contributed by atoms with Crippen molar-refractivity contribution in [1.29, 1.82) is 0 Å². The highest BCUT2D eigenvalue weighted by molar-refractivity contribution is 7.79. The number of hydrogen-bond donors (Lipinski definition) is 1. The molecule has 2 heterocycles. The highest BCUT2D eigenvalue weighted by Gasteiger charge is 2.33. The van der Waals surface area contributed by atoms with Gasteiger partial charge in [-0.2, -0.15) is 0 Å². The molecular weight excluding hydrogens is 356 g/mol. The smallest absolute Gasteiger partial charge is 0.227 e. The third-order valence-electron chi connectivity index (χ3n) is 4.45. The second-order valence-electron chi connectivity index (χ2n) is 6.45. The Morgan fingerprint density at radius 3 is 3.04 bits per heavy atom. The number of thiocarbonyl (C=S) groups is 1.